The number of carbonyl (C=O) groups excluding carboxylic acids is 1. The first-order chi connectivity index (χ1) is 9.84. The van der Waals surface area contributed by atoms with E-state index in [1.54, 1.807) is 4.90 Å². The van der Waals surface area contributed by atoms with Crippen molar-refractivity contribution in [3.63, 3.8) is 0 Å². The van der Waals surface area contributed by atoms with E-state index in [2.05, 4.69) is 5.32 Å². The zero-order valence-corrected chi connectivity index (χ0v) is 12.5. The normalized spacial score (nSPS) is 19.4. The number of benzene rings is 1. The van der Waals surface area contributed by atoms with E-state index in [1.807, 2.05) is 20.8 Å². The molecule has 0 bridgehead atoms. The van der Waals surface area contributed by atoms with Gasteiger partial charge in [0.05, 0.1) is 18.7 Å². The summed E-state index contributed by atoms with van der Waals surface area (Å²) in [5.41, 5.74) is 0.0137. The predicted octanol–water partition coefficient (Wildman–Crippen LogP) is 2.21. The Labute approximate surface area is 123 Å². The molecule has 1 atom stereocenters. The fourth-order valence-electron chi connectivity index (χ4n) is 2.55. The molecule has 1 fully saturated rings. The van der Waals surface area contributed by atoms with Crippen molar-refractivity contribution < 1.29 is 18.3 Å². The van der Waals surface area contributed by atoms with E-state index >= 15 is 0 Å². The number of nitrogens with one attached hydrogen (secondary N) is 1. The van der Waals surface area contributed by atoms with Crippen LogP contribution in [0.5, 0.6) is 0 Å². The summed E-state index contributed by atoms with van der Waals surface area (Å²) < 4.78 is 32.0. The Balaban J connectivity index is 2.22. The maximum absolute atomic E-state index is 13.4. The lowest BCUT2D eigenvalue weighted by Gasteiger charge is -2.33. The van der Waals surface area contributed by atoms with Crippen LogP contribution in [0.25, 0.3) is 0 Å². The van der Waals surface area contributed by atoms with Crippen molar-refractivity contribution in [2.24, 2.45) is 0 Å². The minimum absolute atomic E-state index is 0.0856. The maximum atomic E-state index is 13.4. The molecule has 1 aliphatic heterocycles. The summed E-state index contributed by atoms with van der Waals surface area (Å²) in [6.45, 7) is 6.76. The van der Waals surface area contributed by atoms with Crippen molar-refractivity contribution in [2.75, 3.05) is 19.7 Å². The molecule has 116 valence electrons. The third kappa shape index (κ3) is 3.57. The third-order valence-corrected chi connectivity index (χ3v) is 3.42. The van der Waals surface area contributed by atoms with Crippen molar-refractivity contribution in [2.45, 2.75) is 32.5 Å². The van der Waals surface area contributed by atoms with E-state index in [9.17, 15) is 13.6 Å². The number of halogens is 2. The second-order valence-corrected chi connectivity index (χ2v) is 5.67. The first-order valence-corrected chi connectivity index (χ1v) is 6.96. The molecule has 1 aromatic carbocycles. The minimum Gasteiger partial charge on any atom is -0.374 e. The Hall–Kier alpha value is -1.53. The van der Waals surface area contributed by atoms with Gasteiger partial charge in [-0.1, -0.05) is 6.07 Å². The highest BCUT2D eigenvalue weighted by molar-refractivity contribution is 5.81. The molecule has 0 saturated carbocycles. The summed E-state index contributed by atoms with van der Waals surface area (Å²) in [4.78, 5) is 13.6. The molecule has 0 radical (unpaired) electrons. The quantitative estimate of drug-likeness (QED) is 0.906. The summed E-state index contributed by atoms with van der Waals surface area (Å²) in [6, 6.07) is 3.67. The van der Waals surface area contributed by atoms with Gasteiger partial charge < -0.3 is 9.64 Å². The number of ether oxygens (including phenoxy) is 1. The van der Waals surface area contributed by atoms with Gasteiger partial charge in [-0.25, -0.2) is 8.78 Å². The number of amides is 1. The number of carbonyl (C=O) groups is 1. The van der Waals surface area contributed by atoms with Gasteiger partial charge in [0.2, 0.25) is 5.91 Å². The van der Waals surface area contributed by atoms with Crippen LogP contribution in [-0.2, 0) is 9.53 Å². The van der Waals surface area contributed by atoms with Gasteiger partial charge in [-0.05, 0) is 38.5 Å². The van der Waals surface area contributed by atoms with Crippen LogP contribution in [0.4, 0.5) is 8.78 Å². The first kappa shape index (κ1) is 15.9. The predicted molar refractivity (Wildman–Crippen MR) is 74.5 cm³/mol. The summed E-state index contributed by atoms with van der Waals surface area (Å²) in [5, 5.41) is 3.02. The van der Waals surface area contributed by atoms with Gasteiger partial charge in [0.15, 0.2) is 11.6 Å². The van der Waals surface area contributed by atoms with Gasteiger partial charge >= 0.3 is 0 Å². The minimum atomic E-state index is -0.919. The van der Waals surface area contributed by atoms with Gasteiger partial charge in [0, 0.05) is 6.61 Å². The van der Waals surface area contributed by atoms with Gasteiger partial charge in [-0.15, -0.1) is 0 Å². The molecule has 4 nitrogen and oxygen atoms in total. The summed E-state index contributed by atoms with van der Waals surface area (Å²) in [7, 11) is 0. The molecular weight excluding hydrogens is 278 g/mol. The Morgan fingerprint density at radius 1 is 1.38 bits per heavy atom. The van der Waals surface area contributed by atoms with E-state index in [1.165, 1.54) is 6.07 Å². The number of nitrogens with zero attached hydrogens (tertiary/aromatic N) is 1. The molecule has 1 amide bonds. The first-order valence-electron chi connectivity index (χ1n) is 6.96. The number of hydrogen-bond donors (Lipinski definition) is 1. The maximum Gasteiger partial charge on any atom is 0.238 e. The third-order valence-electron chi connectivity index (χ3n) is 3.42. The van der Waals surface area contributed by atoms with Crippen molar-refractivity contribution in [1.29, 1.82) is 0 Å². The molecule has 1 aliphatic rings. The van der Waals surface area contributed by atoms with Crippen molar-refractivity contribution in [3.8, 4) is 0 Å². The smallest absolute Gasteiger partial charge is 0.238 e. The molecule has 0 aliphatic carbocycles. The van der Waals surface area contributed by atoms with E-state index < -0.39 is 23.4 Å². The van der Waals surface area contributed by atoms with Crippen LogP contribution in [0.15, 0.2) is 18.2 Å². The van der Waals surface area contributed by atoms with Crippen LogP contribution in [0.1, 0.15) is 32.5 Å². The fraction of sp³-hybridized carbons (Fsp3) is 0.533. The lowest BCUT2D eigenvalue weighted by atomic mass is 10.1. The zero-order valence-electron chi connectivity index (χ0n) is 12.5. The average Bonchev–Trinajstić information content (AvgIpc) is 2.74. The Morgan fingerprint density at radius 2 is 2.10 bits per heavy atom. The Morgan fingerprint density at radius 3 is 2.71 bits per heavy atom. The van der Waals surface area contributed by atoms with Gasteiger partial charge in [-0.2, -0.15) is 0 Å². The topological polar surface area (TPSA) is 41.6 Å². The highest BCUT2D eigenvalue weighted by atomic mass is 19.2. The monoisotopic (exact) mass is 298 g/mol. The highest BCUT2D eigenvalue weighted by Crippen LogP contribution is 2.26. The zero-order chi connectivity index (χ0) is 15.6. The summed E-state index contributed by atoms with van der Waals surface area (Å²) in [5.74, 6) is -1.90. The van der Waals surface area contributed by atoms with Gasteiger partial charge in [0.25, 0.3) is 0 Å². The number of rotatable bonds is 5. The van der Waals surface area contributed by atoms with Crippen LogP contribution in [0.2, 0.25) is 0 Å². The molecule has 2 rings (SSSR count). The van der Waals surface area contributed by atoms with Crippen LogP contribution >= 0.6 is 0 Å². The van der Waals surface area contributed by atoms with Crippen LogP contribution < -0.4 is 5.32 Å². The Bertz CT molecular complexity index is 534. The van der Waals surface area contributed by atoms with Crippen LogP contribution in [0.3, 0.4) is 0 Å². The molecule has 0 aromatic heterocycles. The SMILES string of the molecule is CCOC(C)(C)CN1C(=O)CNC1c1ccc(F)c(F)c1. The molecule has 6 heteroatoms. The van der Waals surface area contributed by atoms with Gasteiger partial charge in [-0.3, -0.25) is 10.1 Å². The van der Waals surface area contributed by atoms with Crippen molar-refractivity contribution in [3.05, 3.63) is 35.4 Å². The molecule has 1 aromatic rings. The molecule has 1 saturated heterocycles. The van der Waals surface area contributed by atoms with E-state index in [-0.39, 0.29) is 12.5 Å². The molecule has 21 heavy (non-hydrogen) atoms. The molecule has 1 unspecified atom stereocenters. The highest BCUT2D eigenvalue weighted by Gasteiger charge is 2.36. The Kier molecular flexibility index (Phi) is 4.58. The lowest BCUT2D eigenvalue weighted by molar-refractivity contribution is -0.132. The largest absolute Gasteiger partial charge is 0.374 e. The molecule has 0 spiro atoms. The lowest BCUT2D eigenvalue weighted by Crippen LogP contribution is -2.43. The molecular formula is C15H20F2N2O2. The second-order valence-electron chi connectivity index (χ2n) is 5.67. The second kappa shape index (κ2) is 6.07. The summed E-state index contributed by atoms with van der Waals surface area (Å²) in [6.07, 6.45) is -0.465. The van der Waals surface area contributed by atoms with Gasteiger partial charge in [0.1, 0.15) is 6.17 Å². The fourth-order valence-corrected chi connectivity index (χ4v) is 2.55. The van der Waals surface area contributed by atoms with E-state index in [0.29, 0.717) is 18.7 Å². The number of hydrogen-bond acceptors (Lipinski definition) is 3. The average molecular weight is 298 g/mol. The van der Waals surface area contributed by atoms with Crippen molar-refractivity contribution in [1.82, 2.24) is 10.2 Å². The van der Waals surface area contributed by atoms with E-state index in [0.717, 1.165) is 12.1 Å². The standard InChI is InChI=1S/C15H20F2N2O2/c1-4-21-15(2,3)9-19-13(20)8-18-14(19)10-5-6-11(16)12(17)7-10/h5-7,14,18H,4,8-9H2,1-3H3. The van der Waals surface area contributed by atoms with Crippen molar-refractivity contribution >= 4 is 5.91 Å². The van der Waals surface area contributed by atoms with E-state index in [4.69, 9.17) is 4.74 Å². The van der Waals surface area contributed by atoms with Crippen LogP contribution in [0, 0.1) is 11.6 Å². The summed E-state index contributed by atoms with van der Waals surface area (Å²) >= 11 is 0. The molecule has 1 N–H and O–H groups in total. The molecule has 1 heterocycles. The van der Waals surface area contributed by atoms with Crippen LogP contribution in [-0.4, -0.2) is 36.1 Å².